The number of nitrogens with zero attached hydrogens (tertiary/aromatic N) is 4. The highest BCUT2D eigenvalue weighted by Gasteiger charge is 2.18. The summed E-state index contributed by atoms with van der Waals surface area (Å²) in [6.45, 7) is 0.676. The molecule has 13 rings (SSSR count). The molecule has 2 aromatic heterocycles. The minimum Gasteiger partial charge on any atom is -0.345 e. The van der Waals surface area contributed by atoms with Gasteiger partial charge in [-0.1, -0.05) is 170 Å². The van der Waals surface area contributed by atoms with E-state index in [1.807, 2.05) is 0 Å². The van der Waals surface area contributed by atoms with Gasteiger partial charge in [0.1, 0.15) is 0 Å². The second-order valence-electron chi connectivity index (χ2n) is 18.7. The van der Waals surface area contributed by atoms with E-state index in [1.54, 1.807) is 0 Å². The average Bonchev–Trinajstić information content (AvgIpc) is 3.97. The SMILES string of the molecule is CN(c1ccccc1)c1ccc(-c2ccc3c4ccccc4n(-c4cccc(CN(c5ccc(-c6ccccc6)cc5)c5ccc(-c6ccc7c(c6)c6ccccc6n7-c6ccccc6)cc5)c4)c3c2)cc1. The lowest BCUT2D eigenvalue weighted by molar-refractivity contribution is 0.971. The third-order valence-electron chi connectivity index (χ3n) is 14.4. The van der Waals surface area contributed by atoms with Crippen LogP contribution in [0.5, 0.6) is 0 Å². The summed E-state index contributed by atoms with van der Waals surface area (Å²) in [4.78, 5) is 4.67. The van der Waals surface area contributed by atoms with Crippen LogP contribution in [0.1, 0.15) is 5.56 Å². The maximum Gasteiger partial charge on any atom is 0.0547 e. The minimum absolute atomic E-state index is 0.676. The lowest BCUT2D eigenvalue weighted by atomic mass is 10.0. The number of fused-ring (bicyclic) bond motifs is 6. The van der Waals surface area contributed by atoms with Gasteiger partial charge in [-0.25, -0.2) is 0 Å². The Morgan fingerprint density at radius 1 is 0.278 bits per heavy atom. The van der Waals surface area contributed by atoms with Gasteiger partial charge in [-0.3, -0.25) is 0 Å². The van der Waals surface area contributed by atoms with Gasteiger partial charge in [0.05, 0.1) is 22.1 Å². The smallest absolute Gasteiger partial charge is 0.0547 e. The number of para-hydroxylation sites is 4. The van der Waals surface area contributed by atoms with E-state index >= 15 is 0 Å². The number of hydrogen-bond donors (Lipinski definition) is 0. The molecule has 0 saturated heterocycles. The molecule has 0 spiro atoms. The van der Waals surface area contributed by atoms with E-state index in [1.165, 1.54) is 82.6 Å². The fraction of sp³-hybridized carbons (Fsp3) is 0.0294. The summed E-state index contributed by atoms with van der Waals surface area (Å²) in [5, 5.41) is 4.98. The Balaban J connectivity index is 0.861. The van der Waals surface area contributed by atoms with Gasteiger partial charge in [0, 0.05) is 69.3 Å². The van der Waals surface area contributed by atoms with E-state index in [9.17, 15) is 0 Å². The number of hydrogen-bond acceptors (Lipinski definition) is 2. The van der Waals surface area contributed by atoms with Gasteiger partial charge in [0.25, 0.3) is 0 Å². The molecule has 0 atom stereocenters. The van der Waals surface area contributed by atoms with Crippen LogP contribution < -0.4 is 9.80 Å². The molecule has 0 amide bonds. The minimum atomic E-state index is 0.676. The van der Waals surface area contributed by atoms with Crippen LogP contribution in [0.25, 0.3) is 88.4 Å². The van der Waals surface area contributed by atoms with Gasteiger partial charge < -0.3 is 18.9 Å². The van der Waals surface area contributed by atoms with Crippen molar-refractivity contribution in [1.82, 2.24) is 9.13 Å². The second kappa shape index (κ2) is 18.2. The number of anilines is 4. The maximum absolute atomic E-state index is 2.44. The monoisotopic (exact) mass is 922 g/mol. The van der Waals surface area contributed by atoms with Crippen molar-refractivity contribution in [2.24, 2.45) is 0 Å². The second-order valence-corrected chi connectivity index (χ2v) is 18.7. The highest BCUT2D eigenvalue weighted by molar-refractivity contribution is 6.11. The third kappa shape index (κ3) is 7.76. The zero-order valence-electron chi connectivity index (χ0n) is 40.0. The summed E-state index contributed by atoms with van der Waals surface area (Å²) in [7, 11) is 2.12. The van der Waals surface area contributed by atoms with Crippen LogP contribution in [0.4, 0.5) is 22.7 Å². The van der Waals surface area contributed by atoms with Gasteiger partial charge >= 0.3 is 0 Å². The van der Waals surface area contributed by atoms with Crippen molar-refractivity contribution >= 4 is 66.4 Å². The van der Waals surface area contributed by atoms with E-state index in [4.69, 9.17) is 0 Å². The molecular formula is C68H50N4. The number of rotatable bonds is 11. The van der Waals surface area contributed by atoms with Crippen LogP contribution in [0, 0.1) is 0 Å². The van der Waals surface area contributed by atoms with Crippen LogP contribution in [-0.2, 0) is 6.54 Å². The molecule has 0 unspecified atom stereocenters. The first-order valence-electron chi connectivity index (χ1n) is 24.8. The normalized spacial score (nSPS) is 11.5. The number of benzene rings is 11. The van der Waals surface area contributed by atoms with Crippen molar-refractivity contribution in [2.75, 3.05) is 16.8 Å². The fourth-order valence-electron chi connectivity index (χ4n) is 10.7. The quantitative estimate of drug-likeness (QED) is 0.129. The molecule has 72 heavy (non-hydrogen) atoms. The van der Waals surface area contributed by atoms with Crippen LogP contribution in [0.3, 0.4) is 0 Å². The molecule has 0 fully saturated rings. The lowest BCUT2D eigenvalue weighted by Gasteiger charge is -2.26. The van der Waals surface area contributed by atoms with Crippen LogP contribution in [-0.4, -0.2) is 16.2 Å². The van der Waals surface area contributed by atoms with E-state index in [-0.39, 0.29) is 0 Å². The Morgan fingerprint density at radius 2 is 0.708 bits per heavy atom. The lowest BCUT2D eigenvalue weighted by Crippen LogP contribution is -2.16. The van der Waals surface area contributed by atoms with Crippen molar-refractivity contribution in [3.05, 3.63) is 279 Å². The molecule has 0 N–H and O–H groups in total. The molecule has 0 bridgehead atoms. The Bertz CT molecular complexity index is 4040. The topological polar surface area (TPSA) is 16.3 Å². The summed E-state index contributed by atoms with van der Waals surface area (Å²) in [6, 6.07) is 99.2. The van der Waals surface area contributed by atoms with Crippen LogP contribution in [0.15, 0.2) is 273 Å². The zero-order chi connectivity index (χ0) is 48.0. The van der Waals surface area contributed by atoms with Gasteiger partial charge in [-0.2, -0.15) is 0 Å². The Hall–Kier alpha value is -9.38. The third-order valence-corrected chi connectivity index (χ3v) is 14.4. The summed E-state index contributed by atoms with van der Waals surface area (Å²) < 4.78 is 4.81. The first-order valence-corrected chi connectivity index (χ1v) is 24.8. The van der Waals surface area contributed by atoms with Crippen molar-refractivity contribution in [2.45, 2.75) is 6.54 Å². The molecule has 0 saturated carbocycles. The molecule has 0 aliphatic heterocycles. The molecule has 4 heteroatoms. The molecule has 2 heterocycles. The highest BCUT2D eigenvalue weighted by Crippen LogP contribution is 2.39. The van der Waals surface area contributed by atoms with E-state index in [0.717, 1.165) is 34.1 Å². The molecule has 0 aliphatic carbocycles. The molecule has 0 aliphatic rings. The largest absolute Gasteiger partial charge is 0.345 e. The van der Waals surface area contributed by atoms with Crippen LogP contribution >= 0.6 is 0 Å². The molecular weight excluding hydrogens is 873 g/mol. The van der Waals surface area contributed by atoms with E-state index in [0.29, 0.717) is 6.54 Å². The first kappa shape index (κ1) is 42.7. The van der Waals surface area contributed by atoms with Crippen molar-refractivity contribution in [3.63, 3.8) is 0 Å². The highest BCUT2D eigenvalue weighted by atomic mass is 15.1. The number of aromatic nitrogens is 2. The zero-order valence-corrected chi connectivity index (χ0v) is 40.0. The van der Waals surface area contributed by atoms with Crippen molar-refractivity contribution < 1.29 is 0 Å². The first-order chi connectivity index (χ1) is 35.6. The summed E-state index contributed by atoms with van der Waals surface area (Å²) in [6.07, 6.45) is 0. The standard InChI is InChI=1S/C68H50N4/c1-69(55-19-7-3-8-20-55)56-36-28-52(29-37-56)54-34-42-63-61-24-11-13-26-65(61)72(68(63)46-54)60-23-15-16-48(44-60)47-70(57-38-30-50(31-39-57)49-17-5-2-6-18-49)58-40-32-51(33-41-58)53-35-43-67-64(45-53)62-25-12-14-27-66(62)71(67)59-21-9-4-10-22-59/h2-46H,47H2,1H3. The molecule has 0 radical (unpaired) electrons. The summed E-state index contributed by atoms with van der Waals surface area (Å²) >= 11 is 0. The summed E-state index contributed by atoms with van der Waals surface area (Å²) in [5.41, 5.74) is 20.0. The molecule has 342 valence electrons. The van der Waals surface area contributed by atoms with Gasteiger partial charge in [0.15, 0.2) is 0 Å². The van der Waals surface area contributed by atoms with Gasteiger partial charge in [-0.15, -0.1) is 0 Å². The van der Waals surface area contributed by atoms with Crippen LogP contribution in [0.2, 0.25) is 0 Å². The predicted molar refractivity (Wildman–Crippen MR) is 305 cm³/mol. The Kier molecular flexibility index (Phi) is 10.8. The fourth-order valence-corrected chi connectivity index (χ4v) is 10.7. The van der Waals surface area contributed by atoms with Gasteiger partial charge in [0.2, 0.25) is 0 Å². The Morgan fingerprint density at radius 3 is 1.36 bits per heavy atom. The van der Waals surface area contributed by atoms with Gasteiger partial charge in [-0.05, 0) is 142 Å². The molecule has 13 aromatic rings. The average molecular weight is 923 g/mol. The van der Waals surface area contributed by atoms with Crippen molar-refractivity contribution in [1.29, 1.82) is 0 Å². The maximum atomic E-state index is 2.44. The van der Waals surface area contributed by atoms with Crippen molar-refractivity contribution in [3.8, 4) is 44.8 Å². The van der Waals surface area contributed by atoms with E-state index < -0.39 is 0 Å². The predicted octanol–water partition coefficient (Wildman–Crippen LogP) is 18.0. The van der Waals surface area contributed by atoms with E-state index in [2.05, 4.69) is 299 Å². The molecule has 4 nitrogen and oxygen atoms in total. The Labute approximate surface area is 420 Å². The summed E-state index contributed by atoms with van der Waals surface area (Å²) in [5.74, 6) is 0. The molecule has 11 aromatic carbocycles.